The zero-order valence-corrected chi connectivity index (χ0v) is 14.4. The van der Waals surface area contributed by atoms with Crippen molar-refractivity contribution in [2.75, 3.05) is 4.90 Å². The van der Waals surface area contributed by atoms with Crippen molar-refractivity contribution >= 4 is 23.2 Å². The molecule has 0 saturated carbocycles. The summed E-state index contributed by atoms with van der Waals surface area (Å²) in [5.41, 5.74) is 2.07. The number of carbonyl (C=O) groups is 1. The molecule has 1 N–H and O–H groups in total. The fraction of sp³-hybridized carbons (Fsp3) is 0.150. The van der Waals surface area contributed by atoms with Gasteiger partial charge in [0.1, 0.15) is 0 Å². The van der Waals surface area contributed by atoms with E-state index in [1.807, 2.05) is 84.8 Å². The summed E-state index contributed by atoms with van der Waals surface area (Å²) in [4.78, 5) is 14.1. The van der Waals surface area contributed by atoms with Gasteiger partial charge in [-0.2, -0.15) is 0 Å². The summed E-state index contributed by atoms with van der Waals surface area (Å²) in [6.45, 7) is 3.56. The van der Waals surface area contributed by atoms with Crippen LogP contribution in [0.4, 0.5) is 5.69 Å². The van der Waals surface area contributed by atoms with Crippen molar-refractivity contribution in [2.24, 2.45) is 0 Å². The van der Waals surface area contributed by atoms with E-state index in [1.165, 1.54) is 6.92 Å². The van der Waals surface area contributed by atoms with E-state index in [-0.39, 0.29) is 5.91 Å². The summed E-state index contributed by atoms with van der Waals surface area (Å²) in [5, 5.41) is 3.69. The number of anilines is 1. The van der Waals surface area contributed by atoms with Gasteiger partial charge in [0.05, 0.1) is 0 Å². The summed E-state index contributed by atoms with van der Waals surface area (Å²) >= 11 is 6.49. The van der Waals surface area contributed by atoms with Gasteiger partial charge in [-0.1, -0.05) is 54.1 Å². The molecule has 1 amide bonds. The van der Waals surface area contributed by atoms with Gasteiger partial charge >= 0.3 is 0 Å². The molecule has 24 heavy (non-hydrogen) atoms. The van der Waals surface area contributed by atoms with E-state index in [0.717, 1.165) is 16.8 Å². The maximum atomic E-state index is 12.0. The number of nitrogens with zero attached hydrogens (tertiary/aromatic N) is 1. The van der Waals surface area contributed by atoms with Crippen LogP contribution in [-0.4, -0.2) is 5.91 Å². The van der Waals surface area contributed by atoms with Gasteiger partial charge in [-0.25, -0.2) is 0 Å². The lowest BCUT2D eigenvalue weighted by Gasteiger charge is -2.44. The Bertz CT molecular complexity index is 828. The summed E-state index contributed by atoms with van der Waals surface area (Å²) in [5.74, 6) is -0.131. The number of halogens is 1. The number of nitrogens with one attached hydrogen (secondary N) is 1. The Morgan fingerprint density at radius 1 is 1.08 bits per heavy atom. The number of allylic oxidation sites excluding steroid dienone is 2. The zero-order chi connectivity index (χ0) is 17.2. The number of aryl methyl sites for hydroxylation is 1. The number of hydrogen-bond donors (Lipinski definition) is 1. The highest BCUT2D eigenvalue weighted by molar-refractivity contribution is 6.31. The van der Waals surface area contributed by atoms with Crippen LogP contribution in [0, 0.1) is 6.92 Å². The highest BCUT2D eigenvalue weighted by atomic mass is 35.5. The molecule has 1 aliphatic heterocycles. The molecule has 122 valence electrons. The van der Waals surface area contributed by atoms with Crippen LogP contribution in [0.3, 0.4) is 0 Å². The molecule has 2 aromatic carbocycles. The summed E-state index contributed by atoms with van der Waals surface area (Å²) in [7, 11) is 0. The van der Waals surface area contributed by atoms with Gasteiger partial charge in [0.25, 0.3) is 0 Å². The fourth-order valence-corrected chi connectivity index (χ4v) is 3.34. The lowest BCUT2D eigenvalue weighted by atomic mass is 9.93. The predicted octanol–water partition coefficient (Wildman–Crippen LogP) is 4.53. The van der Waals surface area contributed by atoms with E-state index in [4.69, 9.17) is 11.6 Å². The molecule has 1 atom stereocenters. The van der Waals surface area contributed by atoms with Gasteiger partial charge in [0.2, 0.25) is 5.91 Å². The molecule has 1 aliphatic rings. The Labute approximate surface area is 147 Å². The predicted molar refractivity (Wildman–Crippen MR) is 98.9 cm³/mol. The first-order valence-electron chi connectivity index (χ1n) is 7.79. The first-order valence-corrected chi connectivity index (χ1v) is 8.17. The molecule has 3 rings (SSSR count). The van der Waals surface area contributed by atoms with E-state index < -0.39 is 5.66 Å². The lowest BCUT2D eigenvalue weighted by molar-refractivity contribution is -0.120. The molecule has 0 saturated heterocycles. The van der Waals surface area contributed by atoms with Crippen molar-refractivity contribution in [3.63, 3.8) is 0 Å². The van der Waals surface area contributed by atoms with Crippen LogP contribution in [0.15, 0.2) is 73.0 Å². The molecule has 3 nitrogen and oxygen atoms in total. The van der Waals surface area contributed by atoms with Gasteiger partial charge in [0, 0.05) is 29.4 Å². The van der Waals surface area contributed by atoms with Gasteiger partial charge < -0.3 is 10.2 Å². The molecule has 0 radical (unpaired) electrons. The number of carbonyl (C=O) groups excluding carboxylic acids is 1. The third kappa shape index (κ3) is 2.83. The quantitative estimate of drug-likeness (QED) is 0.891. The van der Waals surface area contributed by atoms with Gasteiger partial charge in [-0.15, -0.1) is 0 Å². The third-order valence-corrected chi connectivity index (χ3v) is 4.42. The minimum absolute atomic E-state index is 0.131. The maximum absolute atomic E-state index is 12.0. The Kier molecular flexibility index (Phi) is 4.45. The molecule has 0 aromatic heterocycles. The smallest absolute Gasteiger partial charge is 0.219 e. The van der Waals surface area contributed by atoms with Crippen molar-refractivity contribution in [2.45, 2.75) is 19.5 Å². The maximum Gasteiger partial charge on any atom is 0.219 e. The Hall–Kier alpha value is -2.52. The Morgan fingerprint density at radius 3 is 2.50 bits per heavy atom. The highest BCUT2D eigenvalue weighted by Crippen LogP contribution is 2.39. The molecular weight excluding hydrogens is 320 g/mol. The first-order chi connectivity index (χ1) is 11.5. The van der Waals surface area contributed by atoms with Crippen LogP contribution in [0.1, 0.15) is 18.1 Å². The van der Waals surface area contributed by atoms with Crippen LogP contribution in [0.25, 0.3) is 0 Å². The second-order valence-corrected chi connectivity index (χ2v) is 6.19. The zero-order valence-electron chi connectivity index (χ0n) is 13.7. The summed E-state index contributed by atoms with van der Waals surface area (Å²) in [6.07, 6.45) is 7.79. The molecular formula is C20H19ClN2O. The molecule has 0 bridgehead atoms. The van der Waals surface area contributed by atoms with Crippen molar-refractivity contribution in [1.82, 2.24) is 5.32 Å². The van der Waals surface area contributed by atoms with Gasteiger partial charge in [-0.3, -0.25) is 4.79 Å². The SMILES string of the molecule is CC(=O)NC1(c2ccccc2Cl)C=CC=CN1c1ccccc1C. The molecule has 2 aromatic rings. The molecule has 1 heterocycles. The fourth-order valence-electron chi connectivity index (χ4n) is 3.06. The molecule has 0 fully saturated rings. The first kappa shape index (κ1) is 16.3. The molecule has 1 unspecified atom stereocenters. The number of rotatable bonds is 3. The Morgan fingerprint density at radius 2 is 1.79 bits per heavy atom. The summed E-state index contributed by atoms with van der Waals surface area (Å²) in [6, 6.07) is 15.6. The Balaban J connectivity index is 2.24. The van der Waals surface area contributed by atoms with Gasteiger partial charge in [0.15, 0.2) is 5.66 Å². The average molecular weight is 339 g/mol. The van der Waals surface area contributed by atoms with Crippen LogP contribution in [0.2, 0.25) is 5.02 Å². The lowest BCUT2D eigenvalue weighted by Crippen LogP contribution is -2.56. The van der Waals surface area contributed by atoms with Crippen molar-refractivity contribution in [3.8, 4) is 0 Å². The van der Waals surface area contributed by atoms with E-state index in [2.05, 4.69) is 5.32 Å². The normalized spacial score (nSPS) is 19.4. The molecule has 0 spiro atoms. The topological polar surface area (TPSA) is 32.3 Å². The van der Waals surface area contributed by atoms with Crippen molar-refractivity contribution in [3.05, 3.63) is 89.1 Å². The van der Waals surface area contributed by atoms with E-state index >= 15 is 0 Å². The number of amides is 1. The second kappa shape index (κ2) is 6.54. The summed E-state index contributed by atoms with van der Waals surface area (Å²) < 4.78 is 0. The molecule has 0 aliphatic carbocycles. The molecule has 4 heteroatoms. The second-order valence-electron chi connectivity index (χ2n) is 5.78. The number of para-hydroxylation sites is 1. The highest BCUT2D eigenvalue weighted by Gasteiger charge is 2.39. The third-order valence-electron chi connectivity index (χ3n) is 4.09. The largest absolute Gasteiger partial charge is 0.326 e. The minimum Gasteiger partial charge on any atom is -0.326 e. The van der Waals surface area contributed by atoms with E-state index in [9.17, 15) is 4.79 Å². The monoisotopic (exact) mass is 338 g/mol. The van der Waals surface area contributed by atoms with E-state index in [1.54, 1.807) is 0 Å². The van der Waals surface area contributed by atoms with Crippen LogP contribution >= 0.6 is 11.6 Å². The van der Waals surface area contributed by atoms with Crippen LogP contribution in [-0.2, 0) is 10.5 Å². The average Bonchev–Trinajstić information content (AvgIpc) is 2.56. The number of hydrogen-bond acceptors (Lipinski definition) is 2. The standard InChI is InChI=1S/C20H19ClN2O/c1-15-9-3-6-12-19(15)23-14-8-7-13-20(23,22-16(2)24)17-10-4-5-11-18(17)21/h3-14H,1-2H3,(H,22,24). The van der Waals surface area contributed by atoms with Crippen LogP contribution in [0.5, 0.6) is 0 Å². The van der Waals surface area contributed by atoms with E-state index in [0.29, 0.717) is 5.02 Å². The van der Waals surface area contributed by atoms with Gasteiger partial charge in [-0.05, 0) is 36.8 Å². The minimum atomic E-state index is -0.870. The number of benzene rings is 2. The van der Waals surface area contributed by atoms with Crippen molar-refractivity contribution in [1.29, 1.82) is 0 Å². The van der Waals surface area contributed by atoms with Crippen molar-refractivity contribution < 1.29 is 4.79 Å². The van der Waals surface area contributed by atoms with Crippen LogP contribution < -0.4 is 10.2 Å².